The van der Waals surface area contributed by atoms with Crippen molar-refractivity contribution < 1.29 is 19.2 Å². The molecule has 6 unspecified atom stereocenters. The summed E-state index contributed by atoms with van der Waals surface area (Å²) < 4.78 is 0. The van der Waals surface area contributed by atoms with Crippen molar-refractivity contribution in [2.45, 2.75) is 93.4 Å². The van der Waals surface area contributed by atoms with Crippen LogP contribution in [-0.4, -0.2) is 23.1 Å². The monoisotopic (exact) mass is 540 g/mol. The lowest BCUT2D eigenvalue weighted by Crippen LogP contribution is -2.60. The fraction of sp³-hybridized carbons (Fsp3) is 0.556. The highest BCUT2D eigenvalue weighted by Crippen LogP contribution is 2.58. The summed E-state index contributed by atoms with van der Waals surface area (Å²) >= 11 is 0. The molecule has 212 valence electrons. The second kappa shape index (κ2) is 10.2. The molecule has 0 aliphatic heterocycles. The van der Waals surface area contributed by atoms with E-state index >= 15 is 0 Å². The van der Waals surface area contributed by atoms with Crippen molar-refractivity contribution in [2.24, 2.45) is 35.0 Å². The number of fused-ring (bicyclic) bond motifs is 3. The van der Waals surface area contributed by atoms with E-state index in [4.69, 9.17) is 0 Å². The molecule has 0 heterocycles. The summed E-state index contributed by atoms with van der Waals surface area (Å²) in [6.07, 6.45) is 3.55. The normalized spacial score (nSPS) is 29.7. The summed E-state index contributed by atoms with van der Waals surface area (Å²) in [7, 11) is 0. The van der Waals surface area contributed by atoms with E-state index in [9.17, 15) is 19.2 Å². The van der Waals surface area contributed by atoms with Gasteiger partial charge in [0.25, 0.3) is 0 Å². The number of benzene rings is 2. The first-order valence-corrected chi connectivity index (χ1v) is 15.1. The van der Waals surface area contributed by atoms with Gasteiger partial charge in [0.1, 0.15) is 11.7 Å². The Morgan fingerprint density at radius 3 is 2.33 bits per heavy atom. The lowest BCUT2D eigenvalue weighted by atomic mass is 9.45. The molecule has 2 aromatic rings. The van der Waals surface area contributed by atoms with E-state index in [1.165, 1.54) is 40.3 Å². The zero-order chi connectivity index (χ0) is 29.3. The van der Waals surface area contributed by atoms with Crippen LogP contribution < -0.4 is 0 Å². The molecule has 6 atom stereocenters. The largest absolute Gasteiger partial charge is 0.299 e. The third-order valence-corrected chi connectivity index (χ3v) is 11.1. The number of carbonyl (C=O) groups excluding carboxylic acids is 4. The Balaban J connectivity index is 1.54. The molecule has 3 aliphatic rings. The van der Waals surface area contributed by atoms with Crippen molar-refractivity contribution in [3.8, 4) is 0 Å². The van der Waals surface area contributed by atoms with Crippen LogP contribution in [0.3, 0.4) is 0 Å². The zero-order valence-corrected chi connectivity index (χ0v) is 25.4. The molecule has 0 aromatic heterocycles. The Morgan fingerprint density at radius 1 is 1.00 bits per heavy atom. The molecule has 0 N–H and O–H groups in total. The van der Waals surface area contributed by atoms with Crippen molar-refractivity contribution in [1.82, 2.24) is 0 Å². The summed E-state index contributed by atoms with van der Waals surface area (Å²) in [5, 5.41) is 0. The van der Waals surface area contributed by atoms with Crippen molar-refractivity contribution in [3.63, 3.8) is 0 Å². The van der Waals surface area contributed by atoms with Crippen LogP contribution in [-0.2, 0) is 33.6 Å². The van der Waals surface area contributed by atoms with Gasteiger partial charge in [-0.05, 0) is 116 Å². The molecule has 0 saturated heterocycles. The molecule has 2 saturated carbocycles. The van der Waals surface area contributed by atoms with E-state index in [0.29, 0.717) is 12.3 Å². The Bertz CT molecular complexity index is 1430. The van der Waals surface area contributed by atoms with Gasteiger partial charge >= 0.3 is 0 Å². The van der Waals surface area contributed by atoms with Crippen LogP contribution in [0.2, 0.25) is 0 Å². The molecule has 4 heteroatoms. The first-order chi connectivity index (χ1) is 18.8. The van der Waals surface area contributed by atoms with E-state index in [1.807, 2.05) is 13.8 Å². The van der Waals surface area contributed by atoms with Gasteiger partial charge in [0, 0.05) is 23.3 Å². The fourth-order valence-electron chi connectivity index (χ4n) is 8.42. The average Bonchev–Trinajstić information content (AvgIpc) is 2.87. The van der Waals surface area contributed by atoms with Gasteiger partial charge in [0.15, 0.2) is 17.3 Å². The molecule has 5 rings (SSSR count). The Labute approximate surface area is 239 Å². The average molecular weight is 541 g/mol. The van der Waals surface area contributed by atoms with E-state index in [0.717, 1.165) is 30.4 Å². The second-order valence-corrected chi connectivity index (χ2v) is 13.6. The third-order valence-electron chi connectivity index (χ3n) is 11.1. The fourth-order valence-corrected chi connectivity index (χ4v) is 8.42. The summed E-state index contributed by atoms with van der Waals surface area (Å²) in [5.41, 5.74) is 8.69. The van der Waals surface area contributed by atoms with Gasteiger partial charge in [0.05, 0.1) is 0 Å². The van der Waals surface area contributed by atoms with Crippen molar-refractivity contribution in [2.75, 3.05) is 0 Å². The number of Topliss-reactive ketones (excluding diaryl/α,β-unsaturated/α-hetero) is 4. The number of aryl methyl sites for hydroxylation is 4. The van der Waals surface area contributed by atoms with Crippen LogP contribution in [0.5, 0.6) is 0 Å². The standard InChI is InChI=1S/C36H44O4/c1-18(2)28-15-25(12-11-24-10-9-19(3)20(4)13-24)21(5)31-29(28)16-26-14-27-17-30(38)33(23(7)37)35(40)36(27,8)22(6)32(26)34(31)39/h9-10,13,15,18,22,26-27,32-33H,11-12,14,16-17H2,1-8H3. The van der Waals surface area contributed by atoms with E-state index in [2.05, 4.69) is 58.9 Å². The lowest BCUT2D eigenvalue weighted by molar-refractivity contribution is -0.160. The molecule has 0 amide bonds. The van der Waals surface area contributed by atoms with E-state index in [1.54, 1.807) is 0 Å². The molecular weight excluding hydrogens is 496 g/mol. The van der Waals surface area contributed by atoms with E-state index in [-0.39, 0.29) is 53.2 Å². The smallest absolute Gasteiger partial charge is 0.167 e. The summed E-state index contributed by atoms with van der Waals surface area (Å²) in [5.74, 6) is -2.07. The number of carbonyl (C=O) groups is 4. The van der Waals surface area contributed by atoms with Crippen LogP contribution in [0.1, 0.15) is 103 Å². The number of ketones is 4. The van der Waals surface area contributed by atoms with Crippen LogP contribution in [0, 0.1) is 55.8 Å². The van der Waals surface area contributed by atoms with Crippen LogP contribution in [0.4, 0.5) is 0 Å². The number of hydrogen-bond donors (Lipinski definition) is 0. The minimum absolute atomic E-state index is 0.112. The van der Waals surface area contributed by atoms with Crippen LogP contribution in [0.25, 0.3) is 0 Å². The van der Waals surface area contributed by atoms with Crippen LogP contribution >= 0.6 is 0 Å². The first kappa shape index (κ1) is 28.6. The van der Waals surface area contributed by atoms with Gasteiger partial charge in [-0.2, -0.15) is 0 Å². The maximum Gasteiger partial charge on any atom is 0.167 e. The highest BCUT2D eigenvalue weighted by Gasteiger charge is 2.62. The van der Waals surface area contributed by atoms with Gasteiger partial charge < -0.3 is 0 Å². The Hall–Kier alpha value is -2.88. The van der Waals surface area contributed by atoms with E-state index < -0.39 is 11.3 Å². The Morgan fingerprint density at radius 2 is 1.70 bits per heavy atom. The molecule has 3 aliphatic carbocycles. The zero-order valence-electron chi connectivity index (χ0n) is 25.4. The summed E-state index contributed by atoms with van der Waals surface area (Å²) in [6, 6.07) is 9.00. The minimum atomic E-state index is -1.17. The minimum Gasteiger partial charge on any atom is -0.299 e. The molecule has 0 spiro atoms. The van der Waals surface area contributed by atoms with Gasteiger partial charge in [0.2, 0.25) is 0 Å². The van der Waals surface area contributed by atoms with Gasteiger partial charge in [-0.25, -0.2) is 0 Å². The Kier molecular flexibility index (Phi) is 7.30. The van der Waals surface area contributed by atoms with Crippen molar-refractivity contribution in [1.29, 1.82) is 0 Å². The number of hydrogen-bond acceptors (Lipinski definition) is 4. The van der Waals surface area contributed by atoms with Gasteiger partial charge in [-0.3, -0.25) is 19.2 Å². The molecule has 0 bridgehead atoms. The third kappa shape index (κ3) is 4.33. The number of rotatable bonds is 5. The molecule has 0 radical (unpaired) electrons. The van der Waals surface area contributed by atoms with Crippen molar-refractivity contribution in [3.05, 3.63) is 68.8 Å². The maximum absolute atomic E-state index is 14.5. The summed E-state index contributed by atoms with van der Waals surface area (Å²) in [4.78, 5) is 53.5. The predicted molar refractivity (Wildman–Crippen MR) is 158 cm³/mol. The molecular formula is C36H44O4. The second-order valence-electron chi connectivity index (χ2n) is 13.6. The first-order valence-electron chi connectivity index (χ1n) is 15.1. The lowest BCUT2D eigenvalue weighted by Gasteiger charge is -2.55. The molecule has 40 heavy (non-hydrogen) atoms. The van der Waals surface area contributed by atoms with Gasteiger partial charge in [-0.15, -0.1) is 0 Å². The SMILES string of the molecule is CC(=O)C1C(=O)CC2CC3Cc4c(C(C)C)cc(CCc5ccc(C)c(C)c5)c(C)c4C(=O)C3C(C)C2(C)C1=O. The van der Waals surface area contributed by atoms with Gasteiger partial charge in [-0.1, -0.05) is 52.0 Å². The summed E-state index contributed by atoms with van der Waals surface area (Å²) in [6.45, 7) is 16.1. The topological polar surface area (TPSA) is 68.3 Å². The molecule has 2 fully saturated rings. The van der Waals surface area contributed by atoms with Crippen LogP contribution in [0.15, 0.2) is 24.3 Å². The van der Waals surface area contributed by atoms with Crippen molar-refractivity contribution >= 4 is 23.1 Å². The molecule has 4 nitrogen and oxygen atoms in total. The highest BCUT2D eigenvalue weighted by atomic mass is 16.2. The maximum atomic E-state index is 14.5. The molecule has 2 aromatic carbocycles. The quantitative estimate of drug-likeness (QED) is 0.387. The highest BCUT2D eigenvalue weighted by molar-refractivity contribution is 6.22. The predicted octanol–water partition coefficient (Wildman–Crippen LogP) is 6.90.